The van der Waals surface area contributed by atoms with Crippen molar-refractivity contribution >= 4 is 51.9 Å². The number of ether oxygens (including phenoxy) is 2. The van der Waals surface area contributed by atoms with Crippen LogP contribution in [0.3, 0.4) is 0 Å². The number of hydrogen-bond acceptors (Lipinski definition) is 12. The number of alkyl halides is 2. The predicted molar refractivity (Wildman–Crippen MR) is 233 cm³/mol. The van der Waals surface area contributed by atoms with Crippen LogP contribution in [0.5, 0.6) is 0 Å². The first kappa shape index (κ1) is 46.0. The number of rotatable bonds is 18. The van der Waals surface area contributed by atoms with Crippen molar-refractivity contribution in [1.29, 1.82) is 0 Å². The van der Waals surface area contributed by atoms with E-state index in [2.05, 4.69) is 31.1 Å². The summed E-state index contributed by atoms with van der Waals surface area (Å²) in [7, 11) is 1.69. The molecule has 0 spiro atoms. The minimum atomic E-state index is -2.90. The van der Waals surface area contributed by atoms with Crippen molar-refractivity contribution in [3.05, 3.63) is 70.2 Å². The van der Waals surface area contributed by atoms with Crippen LogP contribution in [0.2, 0.25) is 0 Å². The van der Waals surface area contributed by atoms with E-state index >= 15 is 0 Å². The quantitative estimate of drug-likeness (QED) is 0.0516. The Hall–Kier alpha value is -6.02. The predicted octanol–water partition coefficient (Wildman–Crippen LogP) is 5.04. The molecule has 20 heteroatoms. The number of carbonyl (C=O) groups is 4. The summed E-state index contributed by atoms with van der Waals surface area (Å²) in [5.74, 6) is -1.62. The molecule has 5 aromatic rings. The normalized spacial score (nSPS) is 18.8. The minimum Gasteiger partial charge on any atom is -0.460 e. The summed E-state index contributed by atoms with van der Waals surface area (Å²) >= 11 is 0. The van der Waals surface area contributed by atoms with Crippen molar-refractivity contribution in [1.82, 2.24) is 44.1 Å². The van der Waals surface area contributed by atoms with Gasteiger partial charge in [-0.05, 0) is 109 Å². The zero-order valence-electron chi connectivity index (χ0n) is 36.6. The molecule has 1 aliphatic carbocycles. The van der Waals surface area contributed by atoms with E-state index in [0.29, 0.717) is 76.3 Å². The molecule has 2 aliphatic rings. The van der Waals surface area contributed by atoms with E-state index in [1.54, 1.807) is 17.8 Å². The molecule has 18 nitrogen and oxygen atoms in total. The first-order chi connectivity index (χ1) is 30.6. The number of nitrogens with one attached hydrogen (secondary N) is 3. The maximum absolute atomic E-state index is 14.1. The SMILES string of the molecule is Cn1c(=O)n(C2CCC(=O)NC2=O)c2cccc(CCCOCCCC(CNCC3CCC(n4cc(NC(=O)c5cnn6ccc(N)nc56)c(C(F)F)n4)CC3)C(=O)OC(C)(C)C)c21. The van der Waals surface area contributed by atoms with E-state index in [0.717, 1.165) is 23.9 Å². The maximum Gasteiger partial charge on any atom is 0.329 e. The number of hydrogen-bond donors (Lipinski definition) is 4. The topological polar surface area (TPSA) is 224 Å². The van der Waals surface area contributed by atoms with Gasteiger partial charge < -0.3 is 25.8 Å². The van der Waals surface area contributed by atoms with Gasteiger partial charge in [-0.2, -0.15) is 10.2 Å². The Balaban J connectivity index is 0.861. The number of piperidine rings is 1. The molecule has 4 aromatic heterocycles. The molecule has 1 saturated carbocycles. The summed E-state index contributed by atoms with van der Waals surface area (Å²) < 4.78 is 45.9. The standard InChI is InChI=1S/C44H57F2N11O7/c1-44(2,3)64-42(61)28(10-7-21-63-20-6-9-27-8-5-11-32-37(27)54(4)43(62)57(32)33-16-17-35(58)52-41(33)60)23-48-22-26-12-14-29(15-13-26)56-25-31(36(53-56)38(45)46)50-40(59)30-24-49-55-19-18-34(47)51-39(30)55/h5,8,11,18-19,24-26,28-29,33,38,48H,6-7,9-10,12-17,20-23H2,1-4H3,(H2,47,51)(H,50,59)(H,52,58,60). The number of fused-ring (bicyclic) bond motifs is 2. The van der Waals surface area contributed by atoms with Gasteiger partial charge in [0.2, 0.25) is 11.8 Å². The monoisotopic (exact) mass is 889 g/mol. The van der Waals surface area contributed by atoms with Crippen molar-refractivity contribution in [2.45, 2.75) is 109 Å². The number of aryl methyl sites for hydroxylation is 2. The van der Waals surface area contributed by atoms with Crippen LogP contribution in [-0.4, -0.2) is 89.1 Å². The fourth-order valence-corrected chi connectivity index (χ4v) is 8.70. The lowest BCUT2D eigenvalue weighted by Gasteiger charge is -2.29. The lowest BCUT2D eigenvalue weighted by Crippen LogP contribution is -2.44. The van der Waals surface area contributed by atoms with Crippen LogP contribution >= 0.6 is 0 Å². The number of benzene rings is 1. The van der Waals surface area contributed by atoms with E-state index in [1.807, 2.05) is 39.0 Å². The maximum atomic E-state index is 14.1. The van der Waals surface area contributed by atoms with Crippen LogP contribution < -0.4 is 27.4 Å². The minimum absolute atomic E-state index is 0.0749. The molecule has 2 atom stereocenters. The van der Waals surface area contributed by atoms with Crippen LogP contribution in [0.1, 0.15) is 119 Å². The number of nitrogens with zero attached hydrogens (tertiary/aromatic N) is 7. The highest BCUT2D eigenvalue weighted by atomic mass is 19.3. The average molecular weight is 890 g/mol. The summed E-state index contributed by atoms with van der Waals surface area (Å²) in [5, 5.41) is 16.7. The van der Waals surface area contributed by atoms with Crippen molar-refractivity contribution in [2.75, 3.05) is 37.4 Å². The van der Waals surface area contributed by atoms with Crippen molar-refractivity contribution in [3.63, 3.8) is 0 Å². The molecule has 2 fully saturated rings. The number of imide groups is 1. The number of carbonyl (C=O) groups excluding carboxylic acids is 4. The Morgan fingerprint density at radius 3 is 2.55 bits per heavy atom. The number of nitrogen functional groups attached to an aromatic ring is 1. The Kier molecular flexibility index (Phi) is 14.2. The third-order valence-electron chi connectivity index (χ3n) is 11.9. The molecule has 1 aliphatic heterocycles. The van der Waals surface area contributed by atoms with Gasteiger partial charge in [-0.3, -0.25) is 38.3 Å². The number of nitrogens with two attached hydrogens (primary N) is 1. The fourth-order valence-electron chi connectivity index (χ4n) is 8.70. The number of esters is 1. The molecule has 1 saturated heterocycles. The highest BCUT2D eigenvalue weighted by Crippen LogP contribution is 2.35. The Morgan fingerprint density at radius 2 is 1.81 bits per heavy atom. The second-order valence-electron chi connectivity index (χ2n) is 17.7. The van der Waals surface area contributed by atoms with Crippen molar-refractivity contribution in [3.8, 4) is 0 Å². The van der Waals surface area contributed by atoms with Gasteiger partial charge in [0.15, 0.2) is 11.3 Å². The number of anilines is 2. The lowest BCUT2D eigenvalue weighted by atomic mass is 9.86. The molecule has 7 rings (SSSR count). The molecule has 0 bridgehead atoms. The molecular formula is C44H57F2N11O7. The number of amides is 3. The summed E-state index contributed by atoms with van der Waals surface area (Å²) in [6, 6.07) is 6.31. The molecule has 64 heavy (non-hydrogen) atoms. The number of imidazole rings is 1. The molecule has 3 amide bonds. The number of para-hydroxylation sites is 1. The van der Waals surface area contributed by atoms with Gasteiger partial charge in [0.05, 0.1) is 34.9 Å². The molecule has 344 valence electrons. The molecule has 2 unspecified atom stereocenters. The van der Waals surface area contributed by atoms with Gasteiger partial charge in [0.25, 0.3) is 12.3 Å². The van der Waals surface area contributed by atoms with Gasteiger partial charge >= 0.3 is 11.7 Å². The van der Waals surface area contributed by atoms with Gasteiger partial charge in [0.1, 0.15) is 23.0 Å². The van der Waals surface area contributed by atoms with Crippen LogP contribution in [0.25, 0.3) is 16.7 Å². The number of aromatic nitrogens is 7. The van der Waals surface area contributed by atoms with Crippen LogP contribution in [0.4, 0.5) is 20.3 Å². The fraction of sp³-hybridized carbons (Fsp3) is 0.545. The van der Waals surface area contributed by atoms with E-state index < -0.39 is 35.6 Å². The van der Waals surface area contributed by atoms with Gasteiger partial charge in [-0.25, -0.2) is 23.1 Å². The first-order valence-corrected chi connectivity index (χ1v) is 21.9. The Labute approximate surface area is 368 Å². The zero-order valence-corrected chi connectivity index (χ0v) is 36.6. The van der Waals surface area contributed by atoms with E-state index in [9.17, 15) is 32.8 Å². The van der Waals surface area contributed by atoms with E-state index in [-0.39, 0.29) is 65.1 Å². The van der Waals surface area contributed by atoms with Crippen LogP contribution in [0, 0.1) is 11.8 Å². The zero-order chi connectivity index (χ0) is 45.7. The summed E-state index contributed by atoms with van der Waals surface area (Å²) in [5.41, 5.74) is 6.90. The van der Waals surface area contributed by atoms with Crippen molar-refractivity contribution in [2.24, 2.45) is 18.9 Å². The average Bonchev–Trinajstić information content (AvgIpc) is 3.93. The second-order valence-corrected chi connectivity index (χ2v) is 17.7. The summed E-state index contributed by atoms with van der Waals surface area (Å²) in [6.45, 7) is 7.58. The Morgan fingerprint density at radius 1 is 1.05 bits per heavy atom. The third-order valence-corrected chi connectivity index (χ3v) is 11.9. The van der Waals surface area contributed by atoms with Gasteiger partial charge in [0, 0.05) is 45.6 Å². The molecule has 1 aromatic carbocycles. The van der Waals surface area contributed by atoms with Gasteiger partial charge in [-0.15, -0.1) is 0 Å². The van der Waals surface area contributed by atoms with Gasteiger partial charge in [-0.1, -0.05) is 12.1 Å². The largest absolute Gasteiger partial charge is 0.460 e. The van der Waals surface area contributed by atoms with Crippen LogP contribution in [0.15, 0.2) is 47.7 Å². The highest BCUT2D eigenvalue weighted by Gasteiger charge is 2.32. The second kappa shape index (κ2) is 19.8. The molecule has 0 radical (unpaired) electrons. The first-order valence-electron chi connectivity index (χ1n) is 21.9. The molecular weight excluding hydrogens is 833 g/mol. The van der Waals surface area contributed by atoms with Crippen LogP contribution in [-0.2, 0) is 37.3 Å². The van der Waals surface area contributed by atoms with E-state index in [4.69, 9.17) is 15.2 Å². The Bertz CT molecular complexity index is 2550. The van der Waals surface area contributed by atoms with Crippen molar-refractivity contribution < 1.29 is 37.4 Å². The lowest BCUT2D eigenvalue weighted by molar-refractivity contribution is -0.160. The smallest absolute Gasteiger partial charge is 0.329 e. The van der Waals surface area contributed by atoms with E-state index in [1.165, 1.54) is 32.2 Å². The summed E-state index contributed by atoms with van der Waals surface area (Å²) in [4.78, 5) is 68.2. The molecule has 5 heterocycles. The third kappa shape index (κ3) is 10.7. The number of halogens is 2. The summed E-state index contributed by atoms with van der Waals surface area (Å²) in [6.07, 6.45) is 7.46. The highest BCUT2D eigenvalue weighted by molar-refractivity contribution is 6.08. The molecule has 5 N–H and O–H groups in total.